The number of nitrogens with one attached hydrogen (secondary N) is 1. The minimum Gasteiger partial charge on any atom is -0.492 e. The Balaban J connectivity index is 1.73. The van der Waals surface area contributed by atoms with Crippen LogP contribution in [0.25, 0.3) is 0 Å². The number of para-hydroxylation sites is 1. The van der Waals surface area contributed by atoms with Crippen LogP contribution in [0, 0.1) is 5.92 Å². The van der Waals surface area contributed by atoms with Gasteiger partial charge in [-0.2, -0.15) is 0 Å². The van der Waals surface area contributed by atoms with Crippen molar-refractivity contribution < 1.29 is 17.9 Å². The third kappa shape index (κ3) is 3.53. The van der Waals surface area contributed by atoms with E-state index in [4.69, 9.17) is 4.74 Å². The topological polar surface area (TPSA) is 72.5 Å². The Hall–Kier alpha value is -2.34. The van der Waals surface area contributed by atoms with Crippen molar-refractivity contribution in [2.45, 2.75) is 11.3 Å². The highest BCUT2D eigenvalue weighted by molar-refractivity contribution is 7.90. The van der Waals surface area contributed by atoms with Crippen LogP contribution in [0.4, 0.5) is 5.69 Å². The van der Waals surface area contributed by atoms with Crippen LogP contribution in [0.2, 0.25) is 0 Å². The molecule has 1 amide bonds. The van der Waals surface area contributed by atoms with Crippen LogP contribution in [0.1, 0.15) is 5.56 Å². The van der Waals surface area contributed by atoms with Crippen LogP contribution in [0.5, 0.6) is 5.75 Å². The first-order valence-corrected chi connectivity index (χ1v) is 9.14. The fraction of sp³-hybridized carbons (Fsp3) is 0.235. The molecule has 0 fully saturated rings. The number of anilines is 1. The van der Waals surface area contributed by atoms with Gasteiger partial charge in [0.05, 0.1) is 10.8 Å². The first-order chi connectivity index (χ1) is 10.9. The van der Waals surface area contributed by atoms with Crippen molar-refractivity contribution in [3.05, 3.63) is 54.1 Å². The van der Waals surface area contributed by atoms with Crippen LogP contribution >= 0.6 is 0 Å². The molecule has 2 aromatic rings. The van der Waals surface area contributed by atoms with Gasteiger partial charge in [0.15, 0.2) is 9.84 Å². The molecule has 3 rings (SSSR count). The number of carbonyl (C=O) groups is 1. The minimum absolute atomic E-state index is 0.176. The summed E-state index contributed by atoms with van der Waals surface area (Å²) in [7, 11) is -3.30. The molecule has 1 aliphatic rings. The van der Waals surface area contributed by atoms with Gasteiger partial charge >= 0.3 is 0 Å². The number of ether oxygens (including phenoxy) is 1. The summed E-state index contributed by atoms with van der Waals surface area (Å²) in [6.45, 7) is 0.314. The van der Waals surface area contributed by atoms with E-state index in [0.717, 1.165) is 17.6 Å². The summed E-state index contributed by atoms with van der Waals surface area (Å²) in [5, 5.41) is 2.77. The molecule has 0 aliphatic carbocycles. The van der Waals surface area contributed by atoms with Crippen LogP contribution < -0.4 is 10.1 Å². The molecule has 1 atom stereocenters. The van der Waals surface area contributed by atoms with Crippen molar-refractivity contribution in [2.24, 2.45) is 5.92 Å². The first kappa shape index (κ1) is 15.6. The molecule has 2 aromatic carbocycles. The van der Waals surface area contributed by atoms with Gasteiger partial charge in [-0.3, -0.25) is 4.79 Å². The maximum absolute atomic E-state index is 12.4. The number of benzene rings is 2. The Labute approximate surface area is 135 Å². The van der Waals surface area contributed by atoms with E-state index in [2.05, 4.69) is 5.32 Å². The van der Waals surface area contributed by atoms with E-state index in [-0.39, 0.29) is 16.7 Å². The van der Waals surface area contributed by atoms with Gasteiger partial charge in [0.25, 0.3) is 0 Å². The quantitative estimate of drug-likeness (QED) is 0.936. The Kier molecular flexibility index (Phi) is 4.09. The maximum atomic E-state index is 12.4. The lowest BCUT2D eigenvalue weighted by atomic mass is 9.96. The third-order valence-corrected chi connectivity index (χ3v) is 4.89. The van der Waals surface area contributed by atoms with Crippen LogP contribution in [-0.4, -0.2) is 27.2 Å². The lowest BCUT2D eigenvalue weighted by molar-refractivity contribution is -0.121. The van der Waals surface area contributed by atoms with Crippen LogP contribution in [0.3, 0.4) is 0 Å². The van der Waals surface area contributed by atoms with Gasteiger partial charge in [-0.15, -0.1) is 0 Å². The first-order valence-electron chi connectivity index (χ1n) is 7.25. The highest BCUT2D eigenvalue weighted by Crippen LogP contribution is 2.27. The van der Waals surface area contributed by atoms with Crippen molar-refractivity contribution in [3.8, 4) is 5.75 Å². The molecule has 23 heavy (non-hydrogen) atoms. The summed E-state index contributed by atoms with van der Waals surface area (Å²) >= 11 is 0. The maximum Gasteiger partial charge on any atom is 0.231 e. The molecule has 0 aromatic heterocycles. The number of hydrogen-bond donors (Lipinski definition) is 1. The van der Waals surface area contributed by atoms with Gasteiger partial charge in [-0.25, -0.2) is 8.42 Å². The molecule has 0 unspecified atom stereocenters. The van der Waals surface area contributed by atoms with E-state index in [9.17, 15) is 13.2 Å². The van der Waals surface area contributed by atoms with E-state index in [0.29, 0.717) is 18.7 Å². The van der Waals surface area contributed by atoms with Gasteiger partial charge in [-0.1, -0.05) is 24.3 Å². The molecule has 0 saturated heterocycles. The Morgan fingerprint density at radius 1 is 1.17 bits per heavy atom. The fourth-order valence-corrected chi connectivity index (χ4v) is 3.21. The Bertz CT molecular complexity index is 845. The summed E-state index contributed by atoms with van der Waals surface area (Å²) in [4.78, 5) is 12.6. The summed E-state index contributed by atoms with van der Waals surface area (Å²) in [5.41, 5.74) is 1.47. The SMILES string of the molecule is CS(=O)(=O)c1cccc(NC(=O)[C@H]2COc3ccccc3C2)c1. The second kappa shape index (κ2) is 6.04. The zero-order valence-corrected chi connectivity index (χ0v) is 13.5. The van der Waals surface area contributed by atoms with E-state index < -0.39 is 9.84 Å². The summed E-state index contributed by atoms with van der Waals surface area (Å²) in [6, 6.07) is 13.9. The molecule has 1 heterocycles. The Morgan fingerprint density at radius 2 is 1.96 bits per heavy atom. The zero-order chi connectivity index (χ0) is 16.4. The van der Waals surface area contributed by atoms with Gasteiger partial charge in [-0.05, 0) is 36.2 Å². The summed E-state index contributed by atoms with van der Waals surface area (Å²) in [6.07, 6.45) is 1.74. The van der Waals surface area contributed by atoms with Crippen molar-refractivity contribution in [3.63, 3.8) is 0 Å². The molecule has 5 nitrogen and oxygen atoms in total. The number of fused-ring (bicyclic) bond motifs is 1. The van der Waals surface area contributed by atoms with Gasteiger partial charge in [0.2, 0.25) is 5.91 Å². The largest absolute Gasteiger partial charge is 0.492 e. The van der Waals surface area contributed by atoms with Gasteiger partial charge < -0.3 is 10.1 Å². The lowest BCUT2D eigenvalue weighted by Gasteiger charge is -2.24. The van der Waals surface area contributed by atoms with Crippen molar-refractivity contribution in [1.82, 2.24) is 0 Å². The fourth-order valence-electron chi connectivity index (χ4n) is 2.55. The summed E-state index contributed by atoms with van der Waals surface area (Å²) < 4.78 is 28.8. The highest BCUT2D eigenvalue weighted by atomic mass is 32.2. The number of sulfone groups is 1. The van der Waals surface area contributed by atoms with Crippen molar-refractivity contribution in [1.29, 1.82) is 0 Å². The smallest absolute Gasteiger partial charge is 0.231 e. The molecule has 0 spiro atoms. The van der Waals surface area contributed by atoms with Gasteiger partial charge in [0.1, 0.15) is 12.4 Å². The second-order valence-electron chi connectivity index (χ2n) is 5.61. The predicted molar refractivity (Wildman–Crippen MR) is 87.3 cm³/mol. The highest BCUT2D eigenvalue weighted by Gasteiger charge is 2.26. The standard InChI is InChI=1S/C17H17NO4S/c1-23(20,21)15-7-4-6-14(10-15)18-17(19)13-9-12-5-2-3-8-16(12)22-11-13/h2-8,10,13H,9,11H2,1H3,(H,18,19)/t13-/m1/s1. The van der Waals surface area contributed by atoms with E-state index in [1.165, 1.54) is 12.1 Å². The predicted octanol–water partition coefficient (Wildman–Crippen LogP) is 2.28. The molecule has 1 N–H and O–H groups in total. The number of rotatable bonds is 3. The lowest BCUT2D eigenvalue weighted by Crippen LogP contribution is -2.32. The molecule has 1 aliphatic heterocycles. The molecule has 0 radical (unpaired) electrons. The monoisotopic (exact) mass is 331 g/mol. The third-order valence-electron chi connectivity index (χ3n) is 3.78. The van der Waals surface area contributed by atoms with Crippen molar-refractivity contribution in [2.75, 3.05) is 18.2 Å². The second-order valence-corrected chi connectivity index (χ2v) is 7.62. The van der Waals surface area contributed by atoms with E-state index in [1.54, 1.807) is 12.1 Å². The average molecular weight is 331 g/mol. The van der Waals surface area contributed by atoms with E-state index >= 15 is 0 Å². The number of amides is 1. The molecule has 6 heteroatoms. The summed E-state index contributed by atoms with van der Waals surface area (Å²) in [5.74, 6) is 0.340. The Morgan fingerprint density at radius 3 is 2.74 bits per heavy atom. The molecule has 120 valence electrons. The van der Waals surface area contributed by atoms with Crippen LogP contribution in [0.15, 0.2) is 53.4 Å². The molecule has 0 bridgehead atoms. The normalized spacial score (nSPS) is 17.0. The van der Waals surface area contributed by atoms with E-state index in [1.807, 2.05) is 24.3 Å². The average Bonchev–Trinajstić information content (AvgIpc) is 2.54. The van der Waals surface area contributed by atoms with Crippen LogP contribution in [-0.2, 0) is 21.1 Å². The minimum atomic E-state index is -3.30. The number of hydrogen-bond acceptors (Lipinski definition) is 4. The molecule has 0 saturated carbocycles. The molecular formula is C17H17NO4S. The zero-order valence-electron chi connectivity index (χ0n) is 12.7. The van der Waals surface area contributed by atoms with Gasteiger partial charge in [0, 0.05) is 11.9 Å². The molecular weight excluding hydrogens is 314 g/mol. The van der Waals surface area contributed by atoms with Crippen molar-refractivity contribution >= 4 is 21.4 Å². The number of carbonyl (C=O) groups excluding carboxylic acids is 1.